The molecule has 0 unspecified atom stereocenters. The minimum atomic E-state index is -0.758. The fraction of sp³-hybridized carbons (Fsp3) is 0.312. The molecule has 23 heavy (non-hydrogen) atoms. The third kappa shape index (κ3) is 5.46. The van der Waals surface area contributed by atoms with Crippen molar-refractivity contribution in [2.24, 2.45) is 0 Å². The van der Waals surface area contributed by atoms with Crippen LogP contribution in [0.4, 0.5) is 0 Å². The highest BCUT2D eigenvalue weighted by atomic mass is 16.5. The summed E-state index contributed by atoms with van der Waals surface area (Å²) in [5, 5.41) is 0. The lowest BCUT2D eigenvalue weighted by Gasteiger charge is -2.14. The number of benzene rings is 1. The Hall–Kier alpha value is -2.83. The number of carbonyl (C=O) groups excluding carboxylic acids is 3. The molecule has 0 atom stereocenters. The van der Waals surface area contributed by atoms with Crippen molar-refractivity contribution in [1.29, 1.82) is 0 Å². The fourth-order valence-corrected chi connectivity index (χ4v) is 1.62. The fourth-order valence-electron chi connectivity index (χ4n) is 1.62. The van der Waals surface area contributed by atoms with Crippen molar-refractivity contribution in [3.05, 3.63) is 47.2 Å². The Labute approximate surface area is 134 Å². The van der Waals surface area contributed by atoms with E-state index in [0.29, 0.717) is 5.56 Å². The SMILES string of the molecule is CCOC(=O)C(C)=C(NNC(=O)c1ccccc1)C(=O)OCC. The Balaban J connectivity index is 2.89. The number of hydrogen-bond donors (Lipinski definition) is 2. The molecule has 0 radical (unpaired) electrons. The van der Waals surface area contributed by atoms with Gasteiger partial charge in [0.1, 0.15) is 5.70 Å². The van der Waals surface area contributed by atoms with Crippen LogP contribution < -0.4 is 10.9 Å². The van der Waals surface area contributed by atoms with Gasteiger partial charge in [0.15, 0.2) is 0 Å². The van der Waals surface area contributed by atoms with Gasteiger partial charge in [-0.3, -0.25) is 15.6 Å². The zero-order valence-corrected chi connectivity index (χ0v) is 13.3. The molecule has 124 valence electrons. The van der Waals surface area contributed by atoms with E-state index in [-0.39, 0.29) is 24.5 Å². The maximum atomic E-state index is 12.0. The van der Waals surface area contributed by atoms with Crippen molar-refractivity contribution < 1.29 is 23.9 Å². The van der Waals surface area contributed by atoms with Gasteiger partial charge in [-0.15, -0.1) is 0 Å². The summed E-state index contributed by atoms with van der Waals surface area (Å²) in [7, 11) is 0. The molecule has 1 rings (SSSR count). The molecule has 0 aromatic heterocycles. The van der Waals surface area contributed by atoms with Crippen LogP contribution in [0.3, 0.4) is 0 Å². The molecule has 1 amide bonds. The average Bonchev–Trinajstić information content (AvgIpc) is 2.56. The molecule has 0 spiro atoms. The molecule has 7 nitrogen and oxygen atoms in total. The van der Waals surface area contributed by atoms with Crippen molar-refractivity contribution >= 4 is 17.8 Å². The number of nitrogens with one attached hydrogen (secondary N) is 2. The molecule has 2 N–H and O–H groups in total. The summed E-state index contributed by atoms with van der Waals surface area (Å²) in [5.41, 5.74) is 5.05. The van der Waals surface area contributed by atoms with Crippen molar-refractivity contribution in [3.8, 4) is 0 Å². The van der Waals surface area contributed by atoms with Crippen molar-refractivity contribution in [2.75, 3.05) is 13.2 Å². The zero-order chi connectivity index (χ0) is 17.2. The normalized spacial score (nSPS) is 11.1. The summed E-state index contributed by atoms with van der Waals surface area (Å²) < 4.78 is 9.72. The highest BCUT2D eigenvalue weighted by Gasteiger charge is 2.20. The first-order chi connectivity index (χ1) is 11.0. The van der Waals surface area contributed by atoms with Gasteiger partial charge in [0, 0.05) is 5.56 Å². The van der Waals surface area contributed by atoms with E-state index in [0.717, 1.165) is 0 Å². The summed E-state index contributed by atoms with van der Waals surface area (Å²) in [6.07, 6.45) is 0. The molecule has 1 aromatic carbocycles. The molecule has 0 aliphatic rings. The van der Waals surface area contributed by atoms with Gasteiger partial charge in [0.05, 0.1) is 18.8 Å². The van der Waals surface area contributed by atoms with Gasteiger partial charge >= 0.3 is 11.9 Å². The molecule has 0 saturated heterocycles. The maximum absolute atomic E-state index is 12.0. The Morgan fingerprint density at radius 2 is 1.48 bits per heavy atom. The predicted molar refractivity (Wildman–Crippen MR) is 83.0 cm³/mol. The topological polar surface area (TPSA) is 93.7 Å². The van der Waals surface area contributed by atoms with E-state index < -0.39 is 17.8 Å². The van der Waals surface area contributed by atoms with Crippen LogP contribution in [-0.2, 0) is 19.1 Å². The number of rotatable bonds is 7. The van der Waals surface area contributed by atoms with Crippen LogP contribution in [0, 0.1) is 0 Å². The van der Waals surface area contributed by atoms with Gasteiger partial charge in [-0.1, -0.05) is 18.2 Å². The second kappa shape index (κ2) is 9.24. The van der Waals surface area contributed by atoms with Gasteiger partial charge in [-0.25, -0.2) is 9.59 Å². The quantitative estimate of drug-likeness (QED) is 0.447. The zero-order valence-electron chi connectivity index (χ0n) is 13.3. The first-order valence-corrected chi connectivity index (χ1v) is 7.17. The second-order valence-electron chi connectivity index (χ2n) is 4.39. The molecule has 1 aromatic rings. The van der Waals surface area contributed by atoms with Crippen LogP contribution in [0.5, 0.6) is 0 Å². The number of esters is 2. The van der Waals surface area contributed by atoms with Crippen LogP contribution in [0.15, 0.2) is 41.6 Å². The first kappa shape index (κ1) is 18.2. The van der Waals surface area contributed by atoms with E-state index in [4.69, 9.17) is 9.47 Å². The van der Waals surface area contributed by atoms with Crippen molar-refractivity contribution in [2.45, 2.75) is 20.8 Å². The third-order valence-electron chi connectivity index (χ3n) is 2.77. The summed E-state index contributed by atoms with van der Waals surface area (Å²) >= 11 is 0. The van der Waals surface area contributed by atoms with E-state index in [2.05, 4.69) is 10.9 Å². The smallest absolute Gasteiger partial charge is 0.356 e. The summed E-state index contributed by atoms with van der Waals surface area (Å²) in [6, 6.07) is 8.42. The molecule has 0 aliphatic carbocycles. The third-order valence-corrected chi connectivity index (χ3v) is 2.77. The molecule has 0 saturated carbocycles. The lowest BCUT2D eigenvalue weighted by molar-refractivity contribution is -0.142. The molecule has 0 heterocycles. The van der Waals surface area contributed by atoms with Gasteiger partial charge in [-0.2, -0.15) is 0 Å². The first-order valence-electron chi connectivity index (χ1n) is 7.17. The van der Waals surface area contributed by atoms with Crippen LogP contribution >= 0.6 is 0 Å². The predicted octanol–water partition coefficient (Wildman–Crippen LogP) is 1.32. The molecule has 0 bridgehead atoms. The van der Waals surface area contributed by atoms with Crippen LogP contribution in [0.2, 0.25) is 0 Å². The summed E-state index contributed by atoms with van der Waals surface area (Å²) in [6.45, 7) is 5.00. The van der Waals surface area contributed by atoms with Crippen LogP contribution in [-0.4, -0.2) is 31.1 Å². The second-order valence-corrected chi connectivity index (χ2v) is 4.39. The number of amides is 1. The molecule has 0 aliphatic heterocycles. The molecule has 7 heteroatoms. The number of hydrazine groups is 1. The minimum Gasteiger partial charge on any atom is -0.463 e. The summed E-state index contributed by atoms with van der Waals surface area (Å²) in [4.78, 5) is 35.7. The van der Waals surface area contributed by atoms with Gasteiger partial charge in [0.25, 0.3) is 5.91 Å². The van der Waals surface area contributed by atoms with Crippen LogP contribution in [0.25, 0.3) is 0 Å². The summed E-state index contributed by atoms with van der Waals surface area (Å²) in [5.74, 6) is -1.88. The minimum absolute atomic E-state index is 0.0126. The maximum Gasteiger partial charge on any atom is 0.356 e. The van der Waals surface area contributed by atoms with Gasteiger partial charge in [-0.05, 0) is 32.9 Å². The average molecular weight is 320 g/mol. The highest BCUT2D eigenvalue weighted by Crippen LogP contribution is 2.06. The van der Waals surface area contributed by atoms with E-state index in [1.807, 2.05) is 0 Å². The monoisotopic (exact) mass is 320 g/mol. The Morgan fingerprint density at radius 1 is 0.913 bits per heavy atom. The number of ether oxygens (including phenoxy) is 2. The van der Waals surface area contributed by atoms with E-state index >= 15 is 0 Å². The van der Waals surface area contributed by atoms with E-state index in [9.17, 15) is 14.4 Å². The van der Waals surface area contributed by atoms with Crippen molar-refractivity contribution in [3.63, 3.8) is 0 Å². The van der Waals surface area contributed by atoms with Gasteiger partial charge in [0.2, 0.25) is 0 Å². The van der Waals surface area contributed by atoms with Crippen molar-refractivity contribution in [1.82, 2.24) is 10.9 Å². The van der Waals surface area contributed by atoms with Crippen LogP contribution in [0.1, 0.15) is 31.1 Å². The number of hydrogen-bond acceptors (Lipinski definition) is 6. The largest absolute Gasteiger partial charge is 0.463 e. The highest BCUT2D eigenvalue weighted by molar-refractivity contribution is 6.00. The molecular weight excluding hydrogens is 300 g/mol. The molecule has 0 fully saturated rings. The van der Waals surface area contributed by atoms with E-state index in [1.165, 1.54) is 6.92 Å². The lowest BCUT2D eigenvalue weighted by Crippen LogP contribution is -2.40. The number of carbonyl (C=O) groups is 3. The lowest BCUT2D eigenvalue weighted by atomic mass is 10.2. The Bertz CT molecular complexity index is 596. The van der Waals surface area contributed by atoms with Gasteiger partial charge < -0.3 is 9.47 Å². The van der Waals surface area contributed by atoms with E-state index in [1.54, 1.807) is 44.2 Å². The molecular formula is C16H20N2O5. The Morgan fingerprint density at radius 3 is 2.04 bits per heavy atom. The standard InChI is InChI=1S/C16H20N2O5/c1-4-22-15(20)11(3)13(16(21)23-5-2)17-18-14(19)12-9-7-6-8-10-12/h6-10,17H,4-5H2,1-3H3,(H,18,19). The Kier molecular flexibility index (Phi) is 7.32.